The van der Waals surface area contributed by atoms with E-state index in [1.165, 1.54) is 24.3 Å². The Bertz CT molecular complexity index is 987. The van der Waals surface area contributed by atoms with Crippen molar-refractivity contribution in [2.75, 3.05) is 6.54 Å². The first kappa shape index (κ1) is 19.6. The number of alkyl halides is 3. The van der Waals surface area contributed by atoms with Crippen LogP contribution in [-0.4, -0.2) is 27.8 Å². The number of carbonyl (C=O) groups is 1. The largest absolute Gasteiger partial charge is 0.446 e. The molecule has 0 bridgehead atoms. The Labute approximate surface area is 169 Å². The number of rotatable bonds is 4. The quantitative estimate of drug-likeness (QED) is 0.493. The van der Waals surface area contributed by atoms with Gasteiger partial charge in [0.25, 0.3) is 5.91 Å². The monoisotopic (exact) mass is 418 g/mol. The molecule has 3 aromatic rings. The van der Waals surface area contributed by atoms with Crippen LogP contribution in [0.4, 0.5) is 13.2 Å². The maximum absolute atomic E-state index is 12.9. The average Bonchev–Trinajstić information content (AvgIpc) is 3.37. The lowest BCUT2D eigenvalue weighted by Gasteiger charge is -2.23. The minimum atomic E-state index is -4.35. The second-order valence-corrected chi connectivity index (χ2v) is 7.80. The highest BCUT2D eigenvalue weighted by Gasteiger charge is 2.34. The highest BCUT2D eigenvalue weighted by molar-refractivity contribution is 8.00. The van der Waals surface area contributed by atoms with E-state index in [0.717, 1.165) is 18.4 Å². The molecule has 2 heterocycles. The summed E-state index contributed by atoms with van der Waals surface area (Å²) in [4.78, 5) is 19.0. The first-order valence-corrected chi connectivity index (χ1v) is 9.90. The predicted octanol–water partition coefficient (Wildman–Crippen LogP) is 5.93. The topological polar surface area (TPSA) is 46.3 Å². The van der Waals surface area contributed by atoms with E-state index in [1.54, 1.807) is 11.1 Å². The first-order chi connectivity index (χ1) is 13.9. The lowest BCUT2D eigenvalue weighted by atomic mass is 10.1. The van der Waals surface area contributed by atoms with Gasteiger partial charge >= 0.3 is 5.51 Å². The van der Waals surface area contributed by atoms with E-state index >= 15 is 0 Å². The van der Waals surface area contributed by atoms with E-state index in [9.17, 15) is 18.0 Å². The summed E-state index contributed by atoms with van der Waals surface area (Å²) in [5.74, 6) is 0.876. The fourth-order valence-electron chi connectivity index (χ4n) is 3.43. The van der Waals surface area contributed by atoms with E-state index in [4.69, 9.17) is 4.42 Å². The lowest BCUT2D eigenvalue weighted by Crippen LogP contribution is -2.30. The minimum absolute atomic E-state index is 0.0507. The summed E-state index contributed by atoms with van der Waals surface area (Å²) in [6, 6.07) is 14.7. The van der Waals surface area contributed by atoms with Gasteiger partial charge in [0, 0.05) is 22.6 Å². The van der Waals surface area contributed by atoms with Crippen LogP contribution in [0.2, 0.25) is 0 Å². The number of aromatic nitrogens is 1. The predicted molar refractivity (Wildman–Crippen MR) is 103 cm³/mol. The molecule has 4 nitrogen and oxygen atoms in total. The molecule has 8 heteroatoms. The van der Waals surface area contributed by atoms with Gasteiger partial charge in [0.2, 0.25) is 5.89 Å². The fraction of sp³-hybridized carbons (Fsp3) is 0.238. The summed E-state index contributed by atoms with van der Waals surface area (Å²) >= 11 is -0.197. The van der Waals surface area contributed by atoms with Crippen molar-refractivity contribution >= 4 is 17.7 Å². The van der Waals surface area contributed by atoms with Crippen LogP contribution >= 0.6 is 11.8 Å². The number of halogens is 3. The number of carbonyl (C=O) groups excluding carboxylic acids is 1. The summed E-state index contributed by atoms with van der Waals surface area (Å²) in [5, 5.41) is 0. The number of nitrogens with zero attached hydrogens (tertiary/aromatic N) is 2. The van der Waals surface area contributed by atoms with Crippen LogP contribution in [0.5, 0.6) is 0 Å². The molecule has 1 atom stereocenters. The van der Waals surface area contributed by atoms with Gasteiger partial charge in [0.1, 0.15) is 5.76 Å². The smallest absolute Gasteiger partial charge is 0.439 e. The normalized spacial score (nSPS) is 16.9. The Morgan fingerprint density at radius 3 is 2.52 bits per heavy atom. The summed E-state index contributed by atoms with van der Waals surface area (Å²) in [5.41, 5.74) is -3.15. The molecule has 2 aromatic carbocycles. The molecular formula is C21H17F3N2O2S. The molecule has 1 amide bonds. The standard InChI is InChI=1S/C21H17F3N2O2S/c22-21(23,24)29-16-10-8-15(9-11-16)20(27)26-12-4-7-17(26)18-13-25-19(28-18)14-5-2-1-3-6-14/h1-3,5-6,8-11,13,17H,4,7,12H2. The molecule has 1 saturated heterocycles. The average molecular weight is 418 g/mol. The zero-order valence-electron chi connectivity index (χ0n) is 15.2. The lowest BCUT2D eigenvalue weighted by molar-refractivity contribution is -0.0328. The molecule has 4 rings (SSSR count). The zero-order valence-corrected chi connectivity index (χ0v) is 16.0. The first-order valence-electron chi connectivity index (χ1n) is 9.09. The molecule has 1 aliphatic heterocycles. The Kier molecular flexibility index (Phi) is 5.36. The number of oxazole rings is 1. The third kappa shape index (κ3) is 4.48. The zero-order chi connectivity index (χ0) is 20.4. The summed E-state index contributed by atoms with van der Waals surface area (Å²) in [7, 11) is 0. The molecule has 0 radical (unpaired) electrons. The Hall–Kier alpha value is -2.74. The molecule has 0 saturated carbocycles. The summed E-state index contributed by atoms with van der Waals surface area (Å²) in [6.45, 7) is 0.559. The van der Waals surface area contributed by atoms with Crippen molar-refractivity contribution in [1.82, 2.24) is 9.88 Å². The van der Waals surface area contributed by atoms with Gasteiger partial charge in [-0.15, -0.1) is 0 Å². The van der Waals surface area contributed by atoms with Gasteiger partial charge in [-0.1, -0.05) is 18.2 Å². The second kappa shape index (κ2) is 7.94. The highest BCUT2D eigenvalue weighted by atomic mass is 32.2. The van der Waals surface area contributed by atoms with Gasteiger partial charge in [-0.2, -0.15) is 13.2 Å². The van der Waals surface area contributed by atoms with Crippen LogP contribution < -0.4 is 0 Å². The maximum atomic E-state index is 12.9. The van der Waals surface area contributed by atoms with Gasteiger partial charge in [-0.05, 0) is 61.0 Å². The highest BCUT2D eigenvalue weighted by Crippen LogP contribution is 2.38. The molecule has 0 N–H and O–H groups in total. The molecule has 1 fully saturated rings. The summed E-state index contributed by atoms with van der Waals surface area (Å²) in [6.07, 6.45) is 3.21. The van der Waals surface area contributed by atoms with Crippen LogP contribution in [-0.2, 0) is 0 Å². The van der Waals surface area contributed by atoms with E-state index < -0.39 is 5.51 Å². The molecule has 29 heavy (non-hydrogen) atoms. The van der Waals surface area contributed by atoms with E-state index in [2.05, 4.69) is 4.98 Å². The number of benzene rings is 2. The molecular weight excluding hydrogens is 401 g/mol. The van der Waals surface area contributed by atoms with Crippen molar-refractivity contribution in [2.24, 2.45) is 0 Å². The summed E-state index contributed by atoms with van der Waals surface area (Å²) < 4.78 is 43.4. The molecule has 150 valence electrons. The van der Waals surface area contributed by atoms with Gasteiger partial charge in [-0.25, -0.2) is 4.98 Å². The van der Waals surface area contributed by atoms with Gasteiger partial charge < -0.3 is 9.32 Å². The minimum Gasteiger partial charge on any atom is -0.439 e. The molecule has 1 aromatic heterocycles. The number of hydrogen-bond donors (Lipinski definition) is 0. The number of thioether (sulfide) groups is 1. The van der Waals surface area contributed by atoms with Crippen molar-refractivity contribution in [3.8, 4) is 11.5 Å². The molecule has 1 aliphatic rings. The third-order valence-electron chi connectivity index (χ3n) is 4.72. The van der Waals surface area contributed by atoms with Gasteiger partial charge in [0.15, 0.2) is 0 Å². The van der Waals surface area contributed by atoms with Crippen molar-refractivity contribution in [1.29, 1.82) is 0 Å². The van der Waals surface area contributed by atoms with Crippen LogP contribution in [0.1, 0.15) is 35.0 Å². The maximum Gasteiger partial charge on any atom is 0.446 e. The number of hydrogen-bond acceptors (Lipinski definition) is 4. The molecule has 0 aliphatic carbocycles. The van der Waals surface area contributed by atoms with Crippen molar-refractivity contribution in [3.63, 3.8) is 0 Å². The van der Waals surface area contributed by atoms with Gasteiger partial charge in [0.05, 0.1) is 12.2 Å². The number of amides is 1. The molecule has 1 unspecified atom stereocenters. The van der Waals surface area contributed by atoms with E-state index in [-0.39, 0.29) is 28.6 Å². The second-order valence-electron chi connectivity index (χ2n) is 6.66. The van der Waals surface area contributed by atoms with Crippen molar-refractivity contribution < 1.29 is 22.4 Å². The number of likely N-dealkylation sites (tertiary alicyclic amines) is 1. The third-order valence-corrected chi connectivity index (χ3v) is 5.46. The van der Waals surface area contributed by atoms with Crippen LogP contribution in [0.15, 0.2) is 70.1 Å². The Balaban J connectivity index is 1.51. The van der Waals surface area contributed by atoms with E-state index in [1.807, 2.05) is 30.3 Å². The molecule has 0 spiro atoms. The van der Waals surface area contributed by atoms with Crippen LogP contribution in [0, 0.1) is 0 Å². The fourth-order valence-corrected chi connectivity index (χ4v) is 3.96. The van der Waals surface area contributed by atoms with Crippen molar-refractivity contribution in [2.45, 2.75) is 29.3 Å². The van der Waals surface area contributed by atoms with E-state index in [0.29, 0.717) is 23.8 Å². The van der Waals surface area contributed by atoms with Gasteiger partial charge in [-0.3, -0.25) is 4.79 Å². The Morgan fingerprint density at radius 1 is 1.10 bits per heavy atom. The van der Waals surface area contributed by atoms with Crippen molar-refractivity contribution in [3.05, 3.63) is 72.1 Å². The SMILES string of the molecule is O=C(c1ccc(SC(F)(F)F)cc1)N1CCCC1c1cnc(-c2ccccc2)o1. The Morgan fingerprint density at radius 2 is 1.83 bits per heavy atom. The van der Waals surface area contributed by atoms with Crippen LogP contribution in [0.3, 0.4) is 0 Å². The van der Waals surface area contributed by atoms with Crippen LogP contribution in [0.25, 0.3) is 11.5 Å².